The van der Waals surface area contributed by atoms with E-state index in [1.807, 2.05) is 36.7 Å². The number of ether oxygens (including phenoxy) is 4. The first-order chi connectivity index (χ1) is 36.5. The summed E-state index contributed by atoms with van der Waals surface area (Å²) in [7, 11) is 3.42. The van der Waals surface area contributed by atoms with Crippen molar-refractivity contribution < 1.29 is 232 Å². The summed E-state index contributed by atoms with van der Waals surface area (Å²) in [6.45, 7) is 37.5. The zero-order valence-electron chi connectivity index (χ0n) is 48.1. The SMILES string of the molecule is CCC1CN2CCC1C[C@@H]2[C@@H](Oc1nnc(O[C@@H](c2ccnc3ccc(OC)cc23)[C@H]2CC3CCN2CC3CC)c2ccccc12)c1ccnc2ccc(OC)cc12.O.O.[C-]#N.[C-]#N.[C-]#N.[C-]#N.[C-]#N.[C-]#N.[Fe+5].[K+].[K+].[K+].[K].[K].[O]=[Os](=[O])([O-])[O-]. The van der Waals surface area contributed by atoms with Crippen molar-refractivity contribution in [3.63, 3.8) is 0 Å². The van der Waals surface area contributed by atoms with E-state index < -0.39 is 15.7 Å². The molecule has 4 bridgehead atoms. The van der Waals surface area contributed by atoms with Crippen LogP contribution in [0.2, 0.25) is 0 Å². The van der Waals surface area contributed by atoms with Crippen LogP contribution >= 0.6 is 0 Å². The number of nitrogens with zero attached hydrogens (tertiary/aromatic N) is 12. The number of piperidine rings is 6. The summed E-state index contributed by atoms with van der Waals surface area (Å²) >= 11 is -6.06. The third kappa shape index (κ3) is 25.7. The van der Waals surface area contributed by atoms with Crippen LogP contribution in [0, 0.1) is 94.7 Å². The van der Waals surface area contributed by atoms with Gasteiger partial charge in [-0.15, -0.1) is 10.2 Å². The molecule has 6 aliphatic rings. The van der Waals surface area contributed by atoms with Crippen LogP contribution in [0.15, 0.2) is 85.2 Å². The molecular weight excluding hydrogens is 1420 g/mol. The second-order valence-corrected chi connectivity index (χ2v) is 19.9. The monoisotopic (exact) mass is 1480 g/mol. The van der Waals surface area contributed by atoms with Crippen LogP contribution in [-0.4, -0.2) is 196 Å². The van der Waals surface area contributed by atoms with Crippen LogP contribution in [0.1, 0.15) is 75.7 Å². The molecule has 6 aromatic rings. The molecular formula is C54H58FeK5N12O10Os. The average Bonchev–Trinajstić information content (AvgIpc) is 3.48. The average molecular weight is 1480 g/mol. The number of aromatic nitrogens is 4. The topological polar surface area (TPSA) is 381 Å². The number of benzene rings is 3. The Bertz CT molecular complexity index is 2840. The Labute approximate surface area is 713 Å². The molecule has 22 nitrogen and oxygen atoms in total. The van der Waals surface area contributed by atoms with Crippen molar-refractivity contribution in [3.05, 3.63) is 136 Å². The summed E-state index contributed by atoms with van der Waals surface area (Å²) in [6.07, 6.45) is 10.2. The second kappa shape index (κ2) is 50.3. The van der Waals surface area contributed by atoms with Gasteiger partial charge in [0.1, 0.15) is 23.7 Å². The van der Waals surface area contributed by atoms with Crippen LogP contribution in [0.4, 0.5) is 0 Å². The van der Waals surface area contributed by atoms with Crippen molar-refractivity contribution in [1.29, 1.82) is 31.6 Å². The maximum atomic E-state index is 8.63. The Balaban J connectivity index is -0.000000540. The Morgan fingerprint density at radius 1 is 0.578 bits per heavy atom. The minimum absolute atomic E-state index is 0. The molecule has 3 aromatic heterocycles. The van der Waals surface area contributed by atoms with E-state index in [4.69, 9.17) is 125 Å². The summed E-state index contributed by atoms with van der Waals surface area (Å²) < 4.78 is 60.5. The molecule has 3 radical (unpaired) electrons. The summed E-state index contributed by atoms with van der Waals surface area (Å²) in [5, 5.41) is 51.2. The van der Waals surface area contributed by atoms with Gasteiger partial charge in [-0.05, 0) is 123 Å². The molecule has 3 aromatic carbocycles. The van der Waals surface area contributed by atoms with Gasteiger partial charge in [-0.1, -0.05) is 38.8 Å². The fourth-order valence-electron chi connectivity index (χ4n) is 11.1. The molecule has 4 N–H and O–H groups in total. The zero-order valence-corrected chi connectivity index (χ0v) is 67.4. The van der Waals surface area contributed by atoms with Gasteiger partial charge < -0.3 is 101 Å². The molecule has 0 amide bonds. The molecule has 6 saturated heterocycles. The van der Waals surface area contributed by atoms with Crippen molar-refractivity contribution in [2.24, 2.45) is 23.7 Å². The van der Waals surface area contributed by atoms with Gasteiger partial charge in [0, 0.05) is 150 Å². The number of pyridine rings is 2. The number of methoxy groups -OCH3 is 2. The van der Waals surface area contributed by atoms with Crippen molar-refractivity contribution in [2.45, 2.75) is 76.7 Å². The van der Waals surface area contributed by atoms with Crippen LogP contribution in [0.3, 0.4) is 0 Å². The Hall–Kier alpha value is 0.658. The number of hydrogen-bond donors (Lipinski definition) is 0. The fourth-order valence-corrected chi connectivity index (χ4v) is 11.1. The Morgan fingerprint density at radius 2 is 0.904 bits per heavy atom. The first-order valence-corrected chi connectivity index (χ1v) is 27.5. The van der Waals surface area contributed by atoms with E-state index in [2.05, 4.69) is 72.2 Å². The molecule has 83 heavy (non-hydrogen) atoms. The first-order valence-electron chi connectivity index (χ1n) is 23.4. The molecule has 6 aliphatic heterocycles. The molecule has 6 unspecified atom stereocenters. The quantitative estimate of drug-likeness (QED) is 0.0828. The predicted octanol–water partition coefficient (Wildman–Crippen LogP) is -4.22. The Kier molecular flexibility index (Phi) is 57.5. The van der Waals surface area contributed by atoms with Crippen LogP contribution in [-0.2, 0) is 39.8 Å². The first kappa shape index (κ1) is 94.8. The number of fused-ring (bicyclic) bond motifs is 9. The summed E-state index contributed by atoms with van der Waals surface area (Å²) in [6, 6.07) is 25.1. The van der Waals surface area contributed by atoms with Gasteiger partial charge >= 0.3 is 202 Å². The zero-order chi connectivity index (χ0) is 55.8. The van der Waals surface area contributed by atoms with Crippen LogP contribution in [0.5, 0.6) is 23.3 Å². The molecule has 0 spiro atoms. The van der Waals surface area contributed by atoms with E-state index in [9.17, 15) is 0 Å². The maximum absolute atomic E-state index is 8.63. The Morgan fingerprint density at radius 3 is 1.18 bits per heavy atom. The van der Waals surface area contributed by atoms with E-state index >= 15 is 0 Å². The molecule has 0 aliphatic carbocycles. The van der Waals surface area contributed by atoms with Gasteiger partial charge in [0.25, 0.3) is 0 Å². The predicted molar refractivity (Wildman–Crippen MR) is 277 cm³/mol. The van der Waals surface area contributed by atoms with Gasteiger partial charge in [-0.2, -0.15) is 0 Å². The molecule has 29 heteroatoms. The molecule has 6 fully saturated rings. The molecule has 12 rings (SSSR count). The van der Waals surface area contributed by atoms with Crippen molar-refractivity contribution >= 4 is 135 Å². The van der Waals surface area contributed by atoms with Gasteiger partial charge in [-0.25, -0.2) is 0 Å². The number of hydrogen-bond acceptors (Lipinski definition) is 20. The summed E-state index contributed by atoms with van der Waals surface area (Å²) in [5.41, 5.74) is 4.01. The normalized spacial score (nSPS) is 20.2. The van der Waals surface area contributed by atoms with Gasteiger partial charge in [0.2, 0.25) is 11.8 Å². The second-order valence-electron chi connectivity index (χ2n) is 17.4. The summed E-state index contributed by atoms with van der Waals surface area (Å²) in [5.74, 6) is 5.39. The van der Waals surface area contributed by atoms with Crippen molar-refractivity contribution in [2.75, 3.05) is 40.4 Å². The molecule has 415 valence electrons. The molecule has 9 heterocycles. The van der Waals surface area contributed by atoms with Gasteiger partial charge in [0.05, 0.1) is 48.1 Å². The third-order valence-corrected chi connectivity index (χ3v) is 14.3. The third-order valence-electron chi connectivity index (χ3n) is 14.3. The number of rotatable bonds is 12. The molecule has 10 atom stereocenters. The van der Waals surface area contributed by atoms with Crippen LogP contribution < -0.4 is 181 Å². The fraction of sp³-hybridized carbons (Fsp3) is 0.407. The van der Waals surface area contributed by atoms with Gasteiger partial charge in [0.15, 0.2) is 0 Å². The van der Waals surface area contributed by atoms with Gasteiger partial charge in [-0.3, -0.25) is 19.8 Å². The van der Waals surface area contributed by atoms with E-state index in [1.165, 1.54) is 25.7 Å². The summed E-state index contributed by atoms with van der Waals surface area (Å²) in [4.78, 5) is 14.8. The van der Waals surface area contributed by atoms with E-state index in [-0.39, 0.29) is 309 Å². The standard InChI is InChI=1S/C48H54N6O4.6CN.Fe.5K.2H2O.4O.Os/c1-5-29-27-53-21-17-31(29)23-43(53)45(35-15-19-49-41-13-11-33(55-3)25-39(35)41)57-47-37-9-7-8-10-38(37)48(52-51-47)58-46(44-24-32-18-22-54(44)28-30(32)6-2)36-16-20-50-42-14-12-34(56-4)26-40(36)42;6*1-2;;;;;;;;;;;;;/h7-16,19-20,25-26,29-32,43-46H,5-6,17-18,21-24,27-28H2,1-4H3;;;;;;;;;;;;;2*1H2;;;;;/q;6*-1;+5;;;3*+1;;;;;2*-1;/t29?,30?,31?,32?,43-,44-,45+,46+;;;;;;;;;;;;;;;;;;;/m1.................../s1. The van der Waals surface area contributed by atoms with E-state index in [0.717, 1.165) is 94.2 Å². The minimum atomic E-state index is -6.06. The van der Waals surface area contributed by atoms with Crippen LogP contribution in [0.25, 0.3) is 32.6 Å². The van der Waals surface area contributed by atoms with Crippen molar-refractivity contribution in [3.8, 4) is 23.3 Å². The molecule has 0 saturated carbocycles. The van der Waals surface area contributed by atoms with E-state index in [1.54, 1.807) is 14.2 Å². The van der Waals surface area contributed by atoms with E-state index in [0.29, 0.717) is 35.4 Å². The van der Waals surface area contributed by atoms with Crippen molar-refractivity contribution in [1.82, 2.24) is 30.0 Å².